The number of halogens is 1. The number of hydrogen-bond acceptors (Lipinski definition) is 0. The predicted octanol–water partition coefficient (Wildman–Crippen LogP) is 3.62. The second-order valence-electron chi connectivity index (χ2n) is 3.06. The lowest BCUT2D eigenvalue weighted by molar-refractivity contribution is 0.624. The Labute approximate surface area is 73.2 Å². The zero-order valence-electron chi connectivity index (χ0n) is 6.92. The van der Waals surface area contributed by atoms with E-state index in [1.165, 1.54) is 5.56 Å². The third-order valence-corrected chi connectivity index (χ3v) is 2.46. The Hall–Kier alpha value is -0.490. The van der Waals surface area contributed by atoms with Crippen LogP contribution in [0, 0.1) is 5.92 Å². The van der Waals surface area contributed by atoms with E-state index in [0.717, 1.165) is 0 Å². The normalized spacial score (nSPS) is 13.5. The van der Waals surface area contributed by atoms with Crippen LogP contribution in [0.3, 0.4) is 0 Å². The standard InChI is InChI=1S/C10H13Cl/c1-8(2)10(11)9-6-4-3-5-7-9/h3-8,10H,1-2H3. The summed E-state index contributed by atoms with van der Waals surface area (Å²) >= 11 is 6.14. The van der Waals surface area contributed by atoms with Gasteiger partial charge in [-0.3, -0.25) is 0 Å². The van der Waals surface area contributed by atoms with E-state index in [-0.39, 0.29) is 5.38 Å². The van der Waals surface area contributed by atoms with Crippen LogP contribution in [-0.4, -0.2) is 0 Å². The molecule has 1 heteroatoms. The lowest BCUT2D eigenvalue weighted by Gasteiger charge is -2.12. The number of alkyl halides is 1. The van der Waals surface area contributed by atoms with Gasteiger partial charge in [0.1, 0.15) is 0 Å². The van der Waals surface area contributed by atoms with Gasteiger partial charge in [-0.1, -0.05) is 44.2 Å². The van der Waals surface area contributed by atoms with Crippen LogP contribution < -0.4 is 0 Å². The van der Waals surface area contributed by atoms with Crippen molar-refractivity contribution in [2.75, 3.05) is 0 Å². The minimum atomic E-state index is 0.149. The summed E-state index contributed by atoms with van der Waals surface area (Å²) in [5, 5.41) is 0.149. The molecule has 0 aliphatic heterocycles. The Kier molecular flexibility index (Phi) is 2.95. The largest absolute Gasteiger partial charge is 0.118 e. The van der Waals surface area contributed by atoms with E-state index in [2.05, 4.69) is 26.0 Å². The first-order valence-electron chi connectivity index (χ1n) is 3.91. The van der Waals surface area contributed by atoms with Crippen molar-refractivity contribution in [1.29, 1.82) is 0 Å². The summed E-state index contributed by atoms with van der Waals surface area (Å²) < 4.78 is 0. The van der Waals surface area contributed by atoms with Gasteiger partial charge in [0.25, 0.3) is 0 Å². The average Bonchev–Trinajstić information content (AvgIpc) is 2.05. The van der Waals surface area contributed by atoms with E-state index in [4.69, 9.17) is 11.6 Å². The number of rotatable bonds is 2. The highest BCUT2D eigenvalue weighted by molar-refractivity contribution is 6.20. The van der Waals surface area contributed by atoms with Crippen LogP contribution in [0.2, 0.25) is 0 Å². The van der Waals surface area contributed by atoms with Gasteiger partial charge >= 0.3 is 0 Å². The number of hydrogen-bond donors (Lipinski definition) is 0. The molecule has 1 aromatic carbocycles. The molecular formula is C10H13Cl. The Balaban J connectivity index is 2.77. The van der Waals surface area contributed by atoms with Crippen molar-refractivity contribution in [2.24, 2.45) is 5.92 Å². The van der Waals surface area contributed by atoms with Gasteiger partial charge in [0.05, 0.1) is 5.38 Å². The fraction of sp³-hybridized carbons (Fsp3) is 0.400. The van der Waals surface area contributed by atoms with Crippen LogP contribution >= 0.6 is 11.6 Å². The summed E-state index contributed by atoms with van der Waals surface area (Å²) in [5.41, 5.74) is 1.21. The molecular weight excluding hydrogens is 156 g/mol. The van der Waals surface area contributed by atoms with Crippen LogP contribution in [0.15, 0.2) is 30.3 Å². The highest BCUT2D eigenvalue weighted by Gasteiger charge is 2.10. The van der Waals surface area contributed by atoms with E-state index in [1.807, 2.05) is 18.2 Å². The second kappa shape index (κ2) is 3.77. The summed E-state index contributed by atoms with van der Waals surface area (Å²) in [7, 11) is 0. The average molecular weight is 169 g/mol. The Morgan fingerprint density at radius 2 is 1.64 bits per heavy atom. The van der Waals surface area contributed by atoms with Gasteiger partial charge in [0.15, 0.2) is 0 Å². The lowest BCUT2D eigenvalue weighted by Crippen LogP contribution is -1.98. The van der Waals surface area contributed by atoms with Gasteiger partial charge in [-0.25, -0.2) is 0 Å². The molecule has 11 heavy (non-hydrogen) atoms. The van der Waals surface area contributed by atoms with Crippen molar-refractivity contribution < 1.29 is 0 Å². The molecule has 0 aliphatic carbocycles. The minimum Gasteiger partial charge on any atom is -0.118 e. The molecule has 0 radical (unpaired) electrons. The van der Waals surface area contributed by atoms with Crippen molar-refractivity contribution in [3.8, 4) is 0 Å². The maximum Gasteiger partial charge on any atom is 0.0608 e. The molecule has 1 aromatic rings. The van der Waals surface area contributed by atoms with Crippen LogP contribution in [0.1, 0.15) is 24.8 Å². The first-order valence-corrected chi connectivity index (χ1v) is 4.34. The summed E-state index contributed by atoms with van der Waals surface area (Å²) in [6, 6.07) is 10.2. The molecule has 0 nitrogen and oxygen atoms in total. The summed E-state index contributed by atoms with van der Waals surface area (Å²) in [6.45, 7) is 4.26. The molecule has 0 aromatic heterocycles. The van der Waals surface area contributed by atoms with Gasteiger partial charge in [0.2, 0.25) is 0 Å². The molecule has 60 valence electrons. The maximum atomic E-state index is 6.14. The highest BCUT2D eigenvalue weighted by atomic mass is 35.5. The van der Waals surface area contributed by atoms with E-state index < -0.39 is 0 Å². The molecule has 0 N–H and O–H groups in total. The molecule has 0 bridgehead atoms. The third kappa shape index (κ3) is 2.23. The minimum absolute atomic E-state index is 0.149. The topological polar surface area (TPSA) is 0 Å². The quantitative estimate of drug-likeness (QED) is 0.592. The molecule has 1 atom stereocenters. The monoisotopic (exact) mass is 168 g/mol. The summed E-state index contributed by atoms with van der Waals surface area (Å²) in [6.07, 6.45) is 0. The molecule has 1 unspecified atom stereocenters. The van der Waals surface area contributed by atoms with Crippen LogP contribution in [0.25, 0.3) is 0 Å². The highest BCUT2D eigenvalue weighted by Crippen LogP contribution is 2.27. The van der Waals surface area contributed by atoms with Gasteiger partial charge in [-0.05, 0) is 11.5 Å². The fourth-order valence-electron chi connectivity index (χ4n) is 1.02. The number of benzene rings is 1. The molecule has 0 saturated heterocycles. The Morgan fingerprint density at radius 3 is 2.09 bits per heavy atom. The smallest absolute Gasteiger partial charge is 0.0608 e. The van der Waals surface area contributed by atoms with Crippen LogP contribution in [0.4, 0.5) is 0 Å². The van der Waals surface area contributed by atoms with Crippen molar-refractivity contribution in [3.63, 3.8) is 0 Å². The lowest BCUT2D eigenvalue weighted by atomic mass is 10.0. The van der Waals surface area contributed by atoms with E-state index >= 15 is 0 Å². The molecule has 0 fully saturated rings. The predicted molar refractivity (Wildman–Crippen MR) is 49.9 cm³/mol. The van der Waals surface area contributed by atoms with Gasteiger partial charge in [-0.15, -0.1) is 11.6 Å². The fourth-order valence-corrected chi connectivity index (χ4v) is 1.17. The Morgan fingerprint density at radius 1 is 1.09 bits per heavy atom. The molecule has 0 spiro atoms. The van der Waals surface area contributed by atoms with Crippen molar-refractivity contribution >= 4 is 11.6 Å². The first kappa shape index (κ1) is 8.61. The van der Waals surface area contributed by atoms with Crippen LogP contribution in [-0.2, 0) is 0 Å². The molecule has 0 heterocycles. The zero-order chi connectivity index (χ0) is 8.27. The first-order chi connectivity index (χ1) is 5.22. The van der Waals surface area contributed by atoms with E-state index in [9.17, 15) is 0 Å². The SMILES string of the molecule is CC(C)C(Cl)c1ccccc1. The maximum absolute atomic E-state index is 6.14. The molecule has 0 amide bonds. The van der Waals surface area contributed by atoms with Crippen molar-refractivity contribution in [3.05, 3.63) is 35.9 Å². The summed E-state index contributed by atoms with van der Waals surface area (Å²) in [4.78, 5) is 0. The van der Waals surface area contributed by atoms with Crippen molar-refractivity contribution in [1.82, 2.24) is 0 Å². The van der Waals surface area contributed by atoms with E-state index in [0.29, 0.717) is 5.92 Å². The molecule has 1 rings (SSSR count). The van der Waals surface area contributed by atoms with Gasteiger partial charge < -0.3 is 0 Å². The Bertz CT molecular complexity index is 203. The van der Waals surface area contributed by atoms with Crippen LogP contribution in [0.5, 0.6) is 0 Å². The van der Waals surface area contributed by atoms with Gasteiger partial charge in [-0.2, -0.15) is 0 Å². The second-order valence-corrected chi connectivity index (χ2v) is 3.53. The zero-order valence-corrected chi connectivity index (χ0v) is 7.68. The third-order valence-electron chi connectivity index (χ3n) is 1.70. The van der Waals surface area contributed by atoms with E-state index in [1.54, 1.807) is 0 Å². The van der Waals surface area contributed by atoms with Crippen molar-refractivity contribution in [2.45, 2.75) is 19.2 Å². The van der Waals surface area contributed by atoms with Gasteiger partial charge in [0, 0.05) is 0 Å². The molecule has 0 saturated carbocycles. The summed E-state index contributed by atoms with van der Waals surface area (Å²) in [5.74, 6) is 0.499. The molecule has 0 aliphatic rings.